The predicted molar refractivity (Wildman–Crippen MR) is 171 cm³/mol. The summed E-state index contributed by atoms with van der Waals surface area (Å²) in [7, 11) is 0. The SMILES string of the molecule is CC[C@H](N)C(=O)N1CCCC1c1ncc(-c2ccc(-c3ccc(-c4cnc([C@@H]5CCCN5C(=O)[C@@H](N)CC)[nH]4)cc3)cc2)[nH]1. The van der Waals surface area contributed by atoms with Crippen LogP contribution in [0.1, 0.15) is 76.1 Å². The highest BCUT2D eigenvalue weighted by Crippen LogP contribution is 2.34. The Labute approximate surface area is 258 Å². The Morgan fingerprint density at radius 2 is 1.07 bits per heavy atom. The molecule has 2 saturated heterocycles. The zero-order chi connectivity index (χ0) is 30.8. The van der Waals surface area contributed by atoms with Crippen LogP contribution in [0.3, 0.4) is 0 Å². The topological polar surface area (TPSA) is 150 Å². The molecule has 10 nitrogen and oxygen atoms in total. The normalized spacial score (nSPS) is 19.8. The Kier molecular flexibility index (Phi) is 8.63. The fourth-order valence-corrected chi connectivity index (χ4v) is 6.39. The number of hydrogen-bond donors (Lipinski definition) is 4. The molecule has 6 rings (SSSR count). The number of likely N-dealkylation sites (tertiary alicyclic amines) is 2. The third kappa shape index (κ3) is 5.79. The molecule has 4 heterocycles. The summed E-state index contributed by atoms with van der Waals surface area (Å²) in [4.78, 5) is 45.5. The first kappa shape index (κ1) is 29.8. The van der Waals surface area contributed by atoms with Crippen molar-refractivity contribution >= 4 is 11.8 Å². The van der Waals surface area contributed by atoms with E-state index >= 15 is 0 Å². The average Bonchev–Trinajstić information content (AvgIpc) is 3.89. The summed E-state index contributed by atoms with van der Waals surface area (Å²) in [6.45, 7) is 5.31. The number of aromatic amines is 2. The van der Waals surface area contributed by atoms with E-state index in [4.69, 9.17) is 11.5 Å². The molecule has 2 fully saturated rings. The Balaban J connectivity index is 1.12. The second kappa shape index (κ2) is 12.8. The smallest absolute Gasteiger partial charge is 0.240 e. The molecule has 4 aromatic rings. The minimum atomic E-state index is -0.464. The van der Waals surface area contributed by atoms with E-state index in [-0.39, 0.29) is 23.9 Å². The molecular weight excluding hydrogens is 552 g/mol. The summed E-state index contributed by atoms with van der Waals surface area (Å²) in [6.07, 6.45) is 8.62. The Bertz CT molecular complexity index is 1470. The number of carbonyl (C=O) groups is 2. The van der Waals surface area contributed by atoms with Crippen LogP contribution in [0.4, 0.5) is 0 Å². The first-order valence-corrected chi connectivity index (χ1v) is 15.8. The van der Waals surface area contributed by atoms with Gasteiger partial charge in [0, 0.05) is 13.1 Å². The van der Waals surface area contributed by atoms with Gasteiger partial charge in [0.1, 0.15) is 11.6 Å². The summed E-state index contributed by atoms with van der Waals surface area (Å²) >= 11 is 0. The maximum atomic E-state index is 12.8. The van der Waals surface area contributed by atoms with Gasteiger partial charge in [0.05, 0.1) is 47.9 Å². The lowest BCUT2D eigenvalue weighted by molar-refractivity contribution is -0.134. The van der Waals surface area contributed by atoms with Crippen LogP contribution in [0.15, 0.2) is 60.9 Å². The van der Waals surface area contributed by atoms with Crippen molar-refractivity contribution in [1.82, 2.24) is 29.7 Å². The van der Waals surface area contributed by atoms with Crippen molar-refractivity contribution in [3.63, 3.8) is 0 Å². The largest absolute Gasteiger partial charge is 0.340 e. The van der Waals surface area contributed by atoms with Crippen LogP contribution in [0, 0.1) is 0 Å². The van der Waals surface area contributed by atoms with Gasteiger partial charge >= 0.3 is 0 Å². The highest BCUT2D eigenvalue weighted by Gasteiger charge is 2.35. The van der Waals surface area contributed by atoms with E-state index in [0.29, 0.717) is 12.8 Å². The molecule has 0 saturated carbocycles. The van der Waals surface area contributed by atoms with Gasteiger partial charge in [-0.25, -0.2) is 9.97 Å². The number of nitrogens with zero attached hydrogens (tertiary/aromatic N) is 4. The van der Waals surface area contributed by atoms with Gasteiger partial charge in [-0.1, -0.05) is 62.4 Å². The minimum absolute atomic E-state index is 0.000786. The van der Waals surface area contributed by atoms with Crippen molar-refractivity contribution in [2.45, 2.75) is 76.5 Å². The van der Waals surface area contributed by atoms with Crippen molar-refractivity contribution < 1.29 is 9.59 Å². The van der Waals surface area contributed by atoms with Crippen molar-refractivity contribution in [3.05, 3.63) is 72.6 Å². The zero-order valence-corrected chi connectivity index (χ0v) is 25.5. The Hall–Kier alpha value is -4.28. The molecule has 44 heavy (non-hydrogen) atoms. The second-order valence-electron chi connectivity index (χ2n) is 11.9. The number of benzene rings is 2. The molecule has 0 bridgehead atoms. The maximum Gasteiger partial charge on any atom is 0.240 e. The summed E-state index contributed by atoms with van der Waals surface area (Å²) in [5, 5.41) is 0. The van der Waals surface area contributed by atoms with Gasteiger partial charge in [-0.15, -0.1) is 0 Å². The number of nitrogens with two attached hydrogens (primary N) is 2. The van der Waals surface area contributed by atoms with Crippen molar-refractivity contribution in [1.29, 1.82) is 0 Å². The number of rotatable bonds is 9. The third-order valence-electron chi connectivity index (χ3n) is 9.13. The van der Waals surface area contributed by atoms with Crippen LogP contribution in [0.5, 0.6) is 0 Å². The van der Waals surface area contributed by atoms with E-state index in [0.717, 1.165) is 84.1 Å². The summed E-state index contributed by atoms with van der Waals surface area (Å²) in [5.41, 5.74) is 18.2. The van der Waals surface area contributed by atoms with Gasteiger partial charge in [0.15, 0.2) is 0 Å². The maximum absolute atomic E-state index is 12.8. The molecule has 1 unspecified atom stereocenters. The summed E-state index contributed by atoms with van der Waals surface area (Å²) < 4.78 is 0. The van der Waals surface area contributed by atoms with Crippen molar-refractivity contribution in [3.8, 4) is 33.6 Å². The lowest BCUT2D eigenvalue weighted by Crippen LogP contribution is -2.43. The summed E-state index contributed by atoms with van der Waals surface area (Å²) in [6, 6.07) is 15.7. The van der Waals surface area contributed by atoms with Gasteiger partial charge in [-0.2, -0.15) is 0 Å². The quantitative estimate of drug-likeness (QED) is 0.216. The second-order valence-corrected chi connectivity index (χ2v) is 11.9. The molecule has 2 aliphatic rings. The molecule has 230 valence electrons. The first-order valence-electron chi connectivity index (χ1n) is 15.8. The Morgan fingerprint density at radius 3 is 1.43 bits per heavy atom. The van der Waals surface area contributed by atoms with Crippen LogP contribution in [0.25, 0.3) is 33.6 Å². The molecule has 0 radical (unpaired) electrons. The highest BCUT2D eigenvalue weighted by molar-refractivity contribution is 5.83. The van der Waals surface area contributed by atoms with E-state index in [1.165, 1.54) is 0 Å². The Morgan fingerprint density at radius 1 is 0.705 bits per heavy atom. The fraction of sp³-hybridized carbons (Fsp3) is 0.412. The van der Waals surface area contributed by atoms with Crippen LogP contribution < -0.4 is 11.5 Å². The molecule has 2 amide bonds. The van der Waals surface area contributed by atoms with Gasteiger partial charge in [0.2, 0.25) is 11.8 Å². The molecule has 2 aliphatic heterocycles. The first-order chi connectivity index (χ1) is 21.4. The number of hydrogen-bond acceptors (Lipinski definition) is 6. The third-order valence-corrected chi connectivity index (χ3v) is 9.13. The average molecular weight is 595 g/mol. The number of aromatic nitrogens is 4. The molecular formula is C34H42N8O2. The van der Waals surface area contributed by atoms with Gasteiger partial charge in [-0.3, -0.25) is 9.59 Å². The number of imidazole rings is 2. The zero-order valence-electron chi connectivity index (χ0n) is 25.5. The lowest BCUT2D eigenvalue weighted by Gasteiger charge is -2.25. The number of amides is 2. The lowest BCUT2D eigenvalue weighted by atomic mass is 10.0. The van der Waals surface area contributed by atoms with Gasteiger partial charge < -0.3 is 31.2 Å². The van der Waals surface area contributed by atoms with Crippen LogP contribution >= 0.6 is 0 Å². The molecule has 6 N–H and O–H groups in total. The summed E-state index contributed by atoms with van der Waals surface area (Å²) in [5.74, 6) is 1.63. The highest BCUT2D eigenvalue weighted by atomic mass is 16.2. The minimum Gasteiger partial charge on any atom is -0.340 e. The number of carbonyl (C=O) groups excluding carboxylic acids is 2. The van der Waals surface area contributed by atoms with Crippen LogP contribution in [0.2, 0.25) is 0 Å². The van der Waals surface area contributed by atoms with Crippen molar-refractivity contribution in [2.24, 2.45) is 11.5 Å². The molecule has 2 aromatic carbocycles. The molecule has 0 spiro atoms. The van der Waals surface area contributed by atoms with Gasteiger partial charge in [0.25, 0.3) is 0 Å². The van der Waals surface area contributed by atoms with E-state index in [1.54, 1.807) is 0 Å². The van der Waals surface area contributed by atoms with Crippen molar-refractivity contribution in [2.75, 3.05) is 13.1 Å². The monoisotopic (exact) mass is 594 g/mol. The number of H-pyrrole nitrogens is 2. The van der Waals surface area contributed by atoms with Crippen LogP contribution in [-0.4, -0.2) is 66.7 Å². The fourth-order valence-electron chi connectivity index (χ4n) is 6.39. The van der Waals surface area contributed by atoms with E-state index in [2.05, 4.69) is 68.5 Å². The molecule has 2 aromatic heterocycles. The molecule has 10 heteroatoms. The predicted octanol–water partition coefficient (Wildman–Crippen LogP) is 4.94. The standard InChI is InChI=1S/C34H42N8O2/c1-3-25(35)33(43)41-17-5-7-29(41)31-37-19-27(39-31)23-13-9-21(10-14-23)22-11-15-24(16-12-22)28-20-38-32(40-28)30-8-6-18-42(30)34(44)26(36)4-2/h9-16,19-20,25-26,29-30H,3-8,17-18,35-36H2,1-2H3,(H,37,39)(H,38,40)/t25-,26-,29-,30?/m0/s1. The van der Waals surface area contributed by atoms with E-state index in [9.17, 15) is 9.59 Å². The molecule has 4 atom stereocenters. The van der Waals surface area contributed by atoms with Crippen LogP contribution in [-0.2, 0) is 9.59 Å². The number of nitrogens with one attached hydrogen (secondary N) is 2. The van der Waals surface area contributed by atoms with E-state index in [1.807, 2.05) is 36.0 Å². The molecule has 0 aliphatic carbocycles. The van der Waals surface area contributed by atoms with Gasteiger partial charge in [-0.05, 0) is 60.8 Å². The van der Waals surface area contributed by atoms with E-state index < -0.39 is 12.1 Å².